The van der Waals surface area contributed by atoms with Gasteiger partial charge in [0.1, 0.15) is 5.82 Å². The number of aromatic nitrogens is 1. The van der Waals surface area contributed by atoms with Crippen LogP contribution in [0.4, 0.5) is 10.3 Å². The largest absolute Gasteiger partial charge is 0.424 e. The fraction of sp³-hybridized carbons (Fsp3) is 0.438. The molecule has 0 atom stereocenters. The molecule has 124 valence electrons. The number of benzene rings is 1. The lowest BCUT2D eigenvalue weighted by Gasteiger charge is -2.19. The lowest BCUT2D eigenvalue weighted by Crippen LogP contribution is -2.25. The van der Waals surface area contributed by atoms with Gasteiger partial charge < -0.3 is 9.32 Å². The zero-order chi connectivity index (χ0) is 16.4. The van der Waals surface area contributed by atoms with E-state index in [4.69, 9.17) is 4.42 Å². The number of aryl methyl sites for hydroxylation is 1. The van der Waals surface area contributed by atoms with Crippen molar-refractivity contribution in [3.8, 4) is 0 Å². The highest BCUT2D eigenvalue weighted by Gasteiger charge is 2.30. The Morgan fingerprint density at radius 2 is 1.70 bits per heavy atom. The molecule has 1 aromatic carbocycles. The van der Waals surface area contributed by atoms with Crippen molar-refractivity contribution in [2.24, 2.45) is 0 Å². The number of hydrogen-bond acceptors (Lipinski definition) is 5. The van der Waals surface area contributed by atoms with Gasteiger partial charge in [-0.1, -0.05) is 12.8 Å². The molecule has 0 spiro atoms. The van der Waals surface area contributed by atoms with Crippen LogP contribution in [0.1, 0.15) is 31.6 Å². The van der Waals surface area contributed by atoms with Gasteiger partial charge in [-0.2, -0.15) is 4.98 Å². The lowest BCUT2D eigenvalue weighted by atomic mass is 10.2. The van der Waals surface area contributed by atoms with Gasteiger partial charge in [0.15, 0.2) is 5.89 Å². The SMILES string of the molecule is Cc1nc(S(=O)(=O)c2ccc(F)cc2)c(N2CCCCCC2)o1. The molecule has 0 bridgehead atoms. The summed E-state index contributed by atoms with van der Waals surface area (Å²) in [7, 11) is -3.84. The monoisotopic (exact) mass is 338 g/mol. The van der Waals surface area contributed by atoms with Crippen molar-refractivity contribution in [1.29, 1.82) is 0 Å². The van der Waals surface area contributed by atoms with Gasteiger partial charge in [-0.3, -0.25) is 0 Å². The summed E-state index contributed by atoms with van der Waals surface area (Å²) in [5, 5.41) is -0.0801. The van der Waals surface area contributed by atoms with Crippen LogP contribution in [0, 0.1) is 12.7 Å². The van der Waals surface area contributed by atoms with E-state index in [1.807, 2.05) is 4.90 Å². The first-order valence-electron chi connectivity index (χ1n) is 7.71. The minimum atomic E-state index is -3.84. The molecule has 0 radical (unpaired) electrons. The van der Waals surface area contributed by atoms with Gasteiger partial charge in [0, 0.05) is 20.0 Å². The summed E-state index contributed by atoms with van der Waals surface area (Å²) in [6, 6.07) is 4.76. The van der Waals surface area contributed by atoms with Crippen LogP contribution in [-0.2, 0) is 9.84 Å². The maximum atomic E-state index is 13.1. The molecule has 1 aliphatic heterocycles. The molecule has 1 fully saturated rings. The zero-order valence-electron chi connectivity index (χ0n) is 13.0. The molecule has 1 aromatic heterocycles. The van der Waals surface area contributed by atoms with Gasteiger partial charge in [0.2, 0.25) is 20.7 Å². The maximum Gasteiger partial charge on any atom is 0.236 e. The first-order valence-corrected chi connectivity index (χ1v) is 9.20. The number of hydrogen-bond donors (Lipinski definition) is 0. The smallest absolute Gasteiger partial charge is 0.236 e. The topological polar surface area (TPSA) is 63.4 Å². The number of anilines is 1. The molecule has 1 aliphatic rings. The molecule has 5 nitrogen and oxygen atoms in total. The average Bonchev–Trinajstić information content (AvgIpc) is 2.74. The van der Waals surface area contributed by atoms with E-state index in [0.29, 0.717) is 11.8 Å². The fourth-order valence-corrected chi connectivity index (χ4v) is 4.14. The standard InChI is InChI=1S/C16H19FN2O3S/c1-12-18-15(16(22-12)19-10-4-2-3-5-11-19)23(20,21)14-8-6-13(17)7-9-14/h6-9H,2-5,10-11H2,1H3. The third-order valence-corrected chi connectivity index (χ3v) is 5.63. The number of sulfone groups is 1. The summed E-state index contributed by atoms with van der Waals surface area (Å²) in [4.78, 5) is 6.06. The van der Waals surface area contributed by atoms with Gasteiger partial charge in [-0.25, -0.2) is 12.8 Å². The Labute approximate surface area is 135 Å². The predicted octanol–water partition coefficient (Wildman–Crippen LogP) is 3.34. The van der Waals surface area contributed by atoms with Crippen molar-refractivity contribution in [3.63, 3.8) is 0 Å². The Bertz CT molecular complexity index is 776. The molecule has 0 N–H and O–H groups in total. The van der Waals surface area contributed by atoms with E-state index < -0.39 is 15.7 Å². The molecular weight excluding hydrogens is 319 g/mol. The molecule has 0 saturated carbocycles. The second-order valence-electron chi connectivity index (χ2n) is 5.70. The molecule has 7 heteroatoms. The maximum absolute atomic E-state index is 13.1. The van der Waals surface area contributed by atoms with Crippen LogP contribution >= 0.6 is 0 Å². The molecule has 1 saturated heterocycles. The van der Waals surface area contributed by atoms with Crippen molar-refractivity contribution in [3.05, 3.63) is 36.0 Å². The van der Waals surface area contributed by atoms with Crippen LogP contribution < -0.4 is 4.90 Å². The van der Waals surface area contributed by atoms with Crippen molar-refractivity contribution in [1.82, 2.24) is 4.98 Å². The van der Waals surface area contributed by atoms with Gasteiger partial charge in [0.25, 0.3) is 0 Å². The molecule has 23 heavy (non-hydrogen) atoms. The quantitative estimate of drug-likeness (QED) is 0.803. The third kappa shape index (κ3) is 3.24. The Balaban J connectivity index is 2.03. The van der Waals surface area contributed by atoms with Crippen LogP contribution in [0.2, 0.25) is 0 Å². The minimum Gasteiger partial charge on any atom is -0.424 e. The normalized spacial score (nSPS) is 16.3. The number of oxazole rings is 1. The Morgan fingerprint density at radius 1 is 1.09 bits per heavy atom. The van der Waals surface area contributed by atoms with Gasteiger partial charge in [-0.15, -0.1) is 0 Å². The molecule has 0 unspecified atom stereocenters. The minimum absolute atomic E-state index is 0.0169. The van der Waals surface area contributed by atoms with Crippen LogP contribution in [0.25, 0.3) is 0 Å². The summed E-state index contributed by atoms with van der Waals surface area (Å²) >= 11 is 0. The van der Waals surface area contributed by atoms with E-state index >= 15 is 0 Å². The summed E-state index contributed by atoms with van der Waals surface area (Å²) in [5.41, 5.74) is 0. The fourth-order valence-electron chi connectivity index (χ4n) is 2.77. The van der Waals surface area contributed by atoms with E-state index in [-0.39, 0.29) is 9.92 Å². The van der Waals surface area contributed by atoms with Crippen molar-refractivity contribution >= 4 is 15.7 Å². The molecule has 0 amide bonds. The first-order chi connectivity index (χ1) is 11.0. The summed E-state index contributed by atoms with van der Waals surface area (Å²) in [6.07, 6.45) is 4.25. The number of halogens is 1. The number of nitrogens with zero attached hydrogens (tertiary/aromatic N) is 2. The van der Waals surface area contributed by atoms with Gasteiger partial charge >= 0.3 is 0 Å². The second kappa shape index (κ2) is 6.31. The molecular formula is C16H19FN2O3S. The van der Waals surface area contributed by atoms with E-state index in [2.05, 4.69) is 4.98 Å². The second-order valence-corrected chi connectivity index (χ2v) is 7.57. The predicted molar refractivity (Wildman–Crippen MR) is 83.8 cm³/mol. The van der Waals surface area contributed by atoms with Crippen molar-refractivity contribution in [2.75, 3.05) is 18.0 Å². The molecule has 3 rings (SSSR count). The van der Waals surface area contributed by atoms with E-state index in [9.17, 15) is 12.8 Å². The Morgan fingerprint density at radius 3 is 2.30 bits per heavy atom. The van der Waals surface area contributed by atoms with Crippen LogP contribution in [0.3, 0.4) is 0 Å². The highest BCUT2D eigenvalue weighted by atomic mass is 32.2. The zero-order valence-corrected chi connectivity index (χ0v) is 13.8. The lowest BCUT2D eigenvalue weighted by molar-refractivity contribution is 0.504. The van der Waals surface area contributed by atoms with Crippen LogP contribution in [0.5, 0.6) is 0 Å². The highest BCUT2D eigenvalue weighted by molar-refractivity contribution is 7.91. The van der Waals surface area contributed by atoms with Crippen molar-refractivity contribution in [2.45, 2.75) is 42.5 Å². The van der Waals surface area contributed by atoms with Crippen LogP contribution in [0.15, 0.2) is 38.6 Å². The van der Waals surface area contributed by atoms with E-state index in [1.165, 1.54) is 12.1 Å². The molecule has 2 aromatic rings. The van der Waals surface area contributed by atoms with Gasteiger partial charge in [0.05, 0.1) is 4.90 Å². The summed E-state index contributed by atoms with van der Waals surface area (Å²) in [6.45, 7) is 3.13. The molecule has 2 heterocycles. The van der Waals surface area contributed by atoms with Gasteiger partial charge in [-0.05, 0) is 37.1 Å². The highest BCUT2D eigenvalue weighted by Crippen LogP contribution is 2.32. The summed E-state index contributed by atoms with van der Waals surface area (Å²) < 4.78 is 44.3. The Hall–Kier alpha value is -1.89. The van der Waals surface area contributed by atoms with E-state index in [0.717, 1.165) is 50.9 Å². The average molecular weight is 338 g/mol. The van der Waals surface area contributed by atoms with Crippen LogP contribution in [-0.4, -0.2) is 26.5 Å². The summed E-state index contributed by atoms with van der Waals surface area (Å²) in [5.74, 6) is 0.131. The third-order valence-electron chi connectivity index (χ3n) is 3.96. The van der Waals surface area contributed by atoms with E-state index in [1.54, 1.807) is 6.92 Å². The van der Waals surface area contributed by atoms with Crippen molar-refractivity contribution < 1.29 is 17.2 Å². The number of rotatable bonds is 3. The first kappa shape index (κ1) is 16.0. The Kier molecular flexibility index (Phi) is 4.39. The molecule has 0 aliphatic carbocycles.